The van der Waals surface area contributed by atoms with Gasteiger partial charge in [0, 0.05) is 13.1 Å². The molecule has 1 saturated heterocycles. The molecule has 2 atom stereocenters. The summed E-state index contributed by atoms with van der Waals surface area (Å²) in [5, 5.41) is 27.7. The topological polar surface area (TPSA) is 102 Å². The molecule has 1 aliphatic rings. The minimum absolute atomic E-state index is 0.113. The molecule has 0 amide bonds. The van der Waals surface area contributed by atoms with Crippen molar-refractivity contribution in [1.29, 1.82) is 5.26 Å². The Morgan fingerprint density at radius 3 is 2.42 bits per heavy atom. The summed E-state index contributed by atoms with van der Waals surface area (Å²) in [5.74, 6) is -0.309. The van der Waals surface area contributed by atoms with Gasteiger partial charge >= 0.3 is 0 Å². The van der Waals surface area contributed by atoms with E-state index in [2.05, 4.69) is 0 Å². The first kappa shape index (κ1) is 14.0. The summed E-state index contributed by atoms with van der Waals surface area (Å²) in [6.07, 6.45) is -2.11. The number of β-amino-alcohol motifs (C(OH)–C–C–N with tert-alkyl or cyclic N) is 2. The van der Waals surface area contributed by atoms with Crippen LogP contribution in [0.3, 0.4) is 0 Å². The van der Waals surface area contributed by atoms with Crippen molar-refractivity contribution < 1.29 is 18.6 Å². The van der Waals surface area contributed by atoms with Crippen LogP contribution in [0.15, 0.2) is 24.3 Å². The summed E-state index contributed by atoms with van der Waals surface area (Å²) in [6.45, 7) is -0.226. The molecule has 0 bridgehead atoms. The molecule has 0 saturated carbocycles. The quantitative estimate of drug-likeness (QED) is 0.772. The first-order valence-corrected chi connectivity index (χ1v) is 7.37. The van der Waals surface area contributed by atoms with Crippen LogP contribution >= 0.6 is 0 Å². The molecule has 102 valence electrons. The minimum Gasteiger partial charge on any atom is -0.389 e. The Balaban J connectivity index is 2.21. The molecular weight excluding hydrogens is 268 g/mol. The Morgan fingerprint density at radius 1 is 1.26 bits per heavy atom. The number of rotatable bonds is 3. The number of benzene rings is 1. The Labute approximate surface area is 111 Å². The van der Waals surface area contributed by atoms with Crippen molar-refractivity contribution in [3.8, 4) is 6.07 Å². The monoisotopic (exact) mass is 282 g/mol. The van der Waals surface area contributed by atoms with Crippen LogP contribution in [0.25, 0.3) is 0 Å². The first-order valence-electron chi connectivity index (χ1n) is 5.76. The highest BCUT2D eigenvalue weighted by Crippen LogP contribution is 2.19. The third-order valence-corrected chi connectivity index (χ3v) is 4.86. The summed E-state index contributed by atoms with van der Waals surface area (Å²) in [4.78, 5) is 0. The molecule has 0 unspecified atom stereocenters. The van der Waals surface area contributed by atoms with E-state index in [1.54, 1.807) is 24.3 Å². The van der Waals surface area contributed by atoms with Crippen LogP contribution in [0.4, 0.5) is 0 Å². The average Bonchev–Trinajstić information content (AvgIpc) is 2.71. The Hall–Kier alpha value is -1.46. The molecule has 7 heteroatoms. The van der Waals surface area contributed by atoms with Crippen LogP contribution in [0.5, 0.6) is 0 Å². The van der Waals surface area contributed by atoms with E-state index in [4.69, 9.17) is 5.26 Å². The second-order valence-electron chi connectivity index (χ2n) is 4.48. The van der Waals surface area contributed by atoms with E-state index < -0.39 is 22.2 Å². The van der Waals surface area contributed by atoms with Crippen LogP contribution in [0.2, 0.25) is 0 Å². The predicted octanol–water partition coefficient (Wildman–Crippen LogP) is -0.575. The van der Waals surface area contributed by atoms with E-state index >= 15 is 0 Å². The second-order valence-corrected chi connectivity index (χ2v) is 6.45. The van der Waals surface area contributed by atoms with Gasteiger partial charge in [-0.05, 0) is 11.6 Å². The molecule has 6 nitrogen and oxygen atoms in total. The maximum absolute atomic E-state index is 12.2. The fraction of sp³-hybridized carbons (Fsp3) is 0.417. The predicted molar refractivity (Wildman–Crippen MR) is 67.4 cm³/mol. The summed E-state index contributed by atoms with van der Waals surface area (Å²) in [6, 6.07) is 8.41. The van der Waals surface area contributed by atoms with Gasteiger partial charge < -0.3 is 10.2 Å². The fourth-order valence-electron chi connectivity index (χ4n) is 2.01. The third-order valence-electron chi connectivity index (χ3n) is 3.09. The van der Waals surface area contributed by atoms with Gasteiger partial charge in [-0.15, -0.1) is 0 Å². The Kier molecular flexibility index (Phi) is 3.87. The van der Waals surface area contributed by atoms with Crippen LogP contribution in [0, 0.1) is 11.3 Å². The molecule has 1 aromatic carbocycles. The van der Waals surface area contributed by atoms with Gasteiger partial charge in [-0.2, -0.15) is 9.57 Å². The molecule has 1 heterocycles. The Bertz CT molecular complexity index is 598. The van der Waals surface area contributed by atoms with Crippen LogP contribution in [-0.2, 0) is 15.8 Å². The van der Waals surface area contributed by atoms with Gasteiger partial charge in [0.25, 0.3) is 0 Å². The number of hydrogen-bond acceptors (Lipinski definition) is 5. The number of aliphatic hydroxyl groups is 2. The van der Waals surface area contributed by atoms with Gasteiger partial charge in [0.05, 0.1) is 29.6 Å². The summed E-state index contributed by atoms with van der Waals surface area (Å²) in [5.41, 5.74) is 0.729. The van der Waals surface area contributed by atoms with Crippen molar-refractivity contribution in [3.05, 3.63) is 35.4 Å². The van der Waals surface area contributed by atoms with E-state index in [-0.39, 0.29) is 18.8 Å². The molecule has 0 radical (unpaired) electrons. The minimum atomic E-state index is -3.65. The van der Waals surface area contributed by atoms with E-state index in [9.17, 15) is 18.6 Å². The fourth-order valence-corrected chi connectivity index (χ4v) is 3.59. The van der Waals surface area contributed by atoms with E-state index in [0.29, 0.717) is 11.1 Å². The van der Waals surface area contributed by atoms with E-state index in [0.717, 1.165) is 4.31 Å². The highest BCUT2D eigenvalue weighted by atomic mass is 32.2. The molecular formula is C12H14N2O4S. The van der Waals surface area contributed by atoms with Gasteiger partial charge in [0.1, 0.15) is 0 Å². The molecule has 19 heavy (non-hydrogen) atoms. The summed E-state index contributed by atoms with van der Waals surface area (Å²) in [7, 11) is -3.65. The van der Waals surface area contributed by atoms with Gasteiger partial charge in [-0.1, -0.05) is 18.2 Å². The van der Waals surface area contributed by atoms with Crippen molar-refractivity contribution in [3.63, 3.8) is 0 Å². The van der Waals surface area contributed by atoms with Crippen LogP contribution in [-0.4, -0.2) is 48.2 Å². The second kappa shape index (κ2) is 5.27. The molecule has 1 aliphatic heterocycles. The van der Waals surface area contributed by atoms with Gasteiger partial charge in [0.2, 0.25) is 10.0 Å². The third kappa shape index (κ3) is 2.93. The van der Waals surface area contributed by atoms with Gasteiger partial charge in [-0.25, -0.2) is 8.42 Å². The van der Waals surface area contributed by atoms with Gasteiger partial charge in [-0.3, -0.25) is 0 Å². The lowest BCUT2D eigenvalue weighted by molar-refractivity contribution is 0.0572. The lowest BCUT2D eigenvalue weighted by atomic mass is 10.1. The molecule has 2 N–H and O–H groups in total. The number of nitrogens with zero attached hydrogens (tertiary/aromatic N) is 2. The lowest BCUT2D eigenvalue weighted by Crippen LogP contribution is -2.31. The largest absolute Gasteiger partial charge is 0.389 e. The van der Waals surface area contributed by atoms with Crippen molar-refractivity contribution in [2.45, 2.75) is 18.0 Å². The molecule has 0 aliphatic carbocycles. The number of hydrogen-bond donors (Lipinski definition) is 2. The van der Waals surface area contributed by atoms with Crippen molar-refractivity contribution in [1.82, 2.24) is 4.31 Å². The standard InChI is InChI=1S/C12H14N2O4S/c13-5-9-3-1-2-4-10(9)8-19(17,18)14-6-11(15)12(16)7-14/h1-4,11-12,15-16H,6-8H2/t11-,12+. The zero-order valence-corrected chi connectivity index (χ0v) is 10.9. The highest BCUT2D eigenvalue weighted by molar-refractivity contribution is 7.88. The summed E-state index contributed by atoms with van der Waals surface area (Å²) >= 11 is 0. The number of nitriles is 1. The van der Waals surface area contributed by atoms with Crippen LogP contribution in [0.1, 0.15) is 11.1 Å². The lowest BCUT2D eigenvalue weighted by Gasteiger charge is -2.15. The normalized spacial score (nSPS) is 24.3. The van der Waals surface area contributed by atoms with Crippen LogP contribution < -0.4 is 0 Å². The first-order chi connectivity index (χ1) is 8.94. The maximum Gasteiger partial charge on any atom is 0.218 e. The molecule has 1 fully saturated rings. The molecule has 1 aromatic rings. The Morgan fingerprint density at radius 2 is 1.84 bits per heavy atom. The van der Waals surface area contributed by atoms with Crippen molar-refractivity contribution in [2.24, 2.45) is 0 Å². The zero-order chi connectivity index (χ0) is 14.0. The van der Waals surface area contributed by atoms with Gasteiger partial charge in [0.15, 0.2) is 0 Å². The average molecular weight is 282 g/mol. The van der Waals surface area contributed by atoms with E-state index in [1.165, 1.54) is 0 Å². The molecule has 0 aromatic heterocycles. The maximum atomic E-state index is 12.2. The smallest absolute Gasteiger partial charge is 0.218 e. The molecule has 0 spiro atoms. The number of aliphatic hydroxyl groups excluding tert-OH is 2. The molecule has 2 rings (SSSR count). The van der Waals surface area contributed by atoms with E-state index in [1.807, 2.05) is 6.07 Å². The highest BCUT2D eigenvalue weighted by Gasteiger charge is 2.36. The van der Waals surface area contributed by atoms with Crippen molar-refractivity contribution >= 4 is 10.0 Å². The number of sulfonamides is 1. The zero-order valence-electron chi connectivity index (χ0n) is 10.1. The summed E-state index contributed by atoms with van der Waals surface area (Å²) < 4.78 is 25.4. The van der Waals surface area contributed by atoms with Crippen molar-refractivity contribution in [2.75, 3.05) is 13.1 Å². The SMILES string of the molecule is N#Cc1ccccc1CS(=O)(=O)N1C[C@@H](O)[C@@H](O)C1.